The summed E-state index contributed by atoms with van der Waals surface area (Å²) in [6.45, 7) is 0.952. The molecule has 2 rings (SSSR count). The maximum Gasteiger partial charge on any atom is 0.435 e. The van der Waals surface area contributed by atoms with Gasteiger partial charge in [0.2, 0.25) is 0 Å². The Labute approximate surface area is 88.4 Å². The first kappa shape index (κ1) is 10.9. The molecule has 1 amide bonds. The quantitative estimate of drug-likeness (QED) is 0.724. The van der Waals surface area contributed by atoms with Gasteiger partial charge in [-0.2, -0.15) is 13.2 Å². The number of nitrogens with zero attached hydrogens (tertiary/aromatic N) is 2. The number of nitrogens with one attached hydrogen (secondary N) is 1. The normalized spacial score (nSPS) is 15.9. The van der Waals surface area contributed by atoms with Crippen LogP contribution in [0.1, 0.15) is 22.0 Å². The molecule has 16 heavy (non-hydrogen) atoms. The van der Waals surface area contributed by atoms with Crippen molar-refractivity contribution >= 4 is 5.91 Å². The first-order chi connectivity index (χ1) is 7.41. The highest BCUT2D eigenvalue weighted by Gasteiger charge is 2.40. The molecule has 0 aliphatic carbocycles. The number of hydrogen-bond donors (Lipinski definition) is 2. The van der Waals surface area contributed by atoms with E-state index in [4.69, 9.17) is 5.73 Å². The number of alkyl halides is 3. The number of carbonyl (C=O) groups is 1. The van der Waals surface area contributed by atoms with E-state index < -0.39 is 23.5 Å². The van der Waals surface area contributed by atoms with Crippen molar-refractivity contribution in [1.29, 1.82) is 0 Å². The van der Waals surface area contributed by atoms with Crippen molar-refractivity contribution in [2.24, 2.45) is 5.73 Å². The van der Waals surface area contributed by atoms with E-state index in [0.717, 1.165) is 0 Å². The zero-order valence-electron chi connectivity index (χ0n) is 8.14. The van der Waals surface area contributed by atoms with Gasteiger partial charge in [0, 0.05) is 13.1 Å². The number of amides is 1. The Kier molecular flexibility index (Phi) is 2.38. The number of nitrogens with two attached hydrogens (primary N) is 1. The number of primary amides is 1. The van der Waals surface area contributed by atoms with Gasteiger partial charge in [-0.25, -0.2) is 4.98 Å². The Bertz CT molecular complexity index is 437. The maximum absolute atomic E-state index is 12.6. The molecule has 0 saturated carbocycles. The molecule has 0 fully saturated rings. The molecule has 3 N–H and O–H groups in total. The molecule has 5 nitrogen and oxygen atoms in total. The Morgan fingerprint density at radius 1 is 1.50 bits per heavy atom. The zero-order valence-corrected chi connectivity index (χ0v) is 8.14. The van der Waals surface area contributed by atoms with Gasteiger partial charge in [-0.1, -0.05) is 0 Å². The highest BCUT2D eigenvalue weighted by molar-refractivity contribution is 5.92. The summed E-state index contributed by atoms with van der Waals surface area (Å²) in [6.07, 6.45) is -4.66. The minimum absolute atomic E-state index is 0.187. The predicted octanol–water partition coefficient (Wildman–Crippen LogP) is 0.104. The number of rotatable bonds is 1. The second-order valence-electron chi connectivity index (χ2n) is 3.42. The summed E-state index contributed by atoms with van der Waals surface area (Å²) < 4.78 is 39.0. The molecule has 0 bridgehead atoms. The molecule has 0 spiro atoms. The van der Waals surface area contributed by atoms with Gasteiger partial charge in [-0.3, -0.25) is 4.79 Å². The van der Waals surface area contributed by atoms with Crippen LogP contribution in [0.2, 0.25) is 0 Å². The van der Waals surface area contributed by atoms with Gasteiger partial charge < -0.3 is 15.6 Å². The van der Waals surface area contributed by atoms with E-state index in [1.807, 2.05) is 0 Å². The molecule has 2 heterocycles. The highest BCUT2D eigenvalue weighted by Crippen LogP contribution is 2.32. The van der Waals surface area contributed by atoms with Crippen LogP contribution in [0, 0.1) is 0 Å². The summed E-state index contributed by atoms with van der Waals surface area (Å²) in [5, 5.41) is 2.87. The van der Waals surface area contributed by atoms with E-state index in [1.165, 1.54) is 4.57 Å². The molecule has 1 aromatic rings. The van der Waals surface area contributed by atoms with E-state index in [1.54, 1.807) is 0 Å². The molecular weight excluding hydrogens is 225 g/mol. The lowest BCUT2D eigenvalue weighted by atomic mass is 10.3. The third kappa shape index (κ3) is 1.64. The fraction of sp³-hybridized carbons (Fsp3) is 0.500. The number of halogens is 3. The lowest BCUT2D eigenvalue weighted by Gasteiger charge is -2.16. The van der Waals surface area contributed by atoms with Crippen LogP contribution in [0.25, 0.3) is 0 Å². The third-order valence-corrected chi connectivity index (χ3v) is 2.34. The second kappa shape index (κ2) is 3.48. The third-order valence-electron chi connectivity index (χ3n) is 2.34. The topological polar surface area (TPSA) is 72.9 Å². The lowest BCUT2D eigenvalue weighted by Crippen LogP contribution is -2.31. The summed E-state index contributed by atoms with van der Waals surface area (Å²) in [4.78, 5) is 14.5. The molecule has 88 valence electrons. The van der Waals surface area contributed by atoms with Crippen LogP contribution < -0.4 is 11.1 Å². The van der Waals surface area contributed by atoms with Crippen molar-refractivity contribution in [2.45, 2.75) is 19.3 Å². The number of imidazole rings is 1. The van der Waals surface area contributed by atoms with Crippen molar-refractivity contribution in [3.63, 3.8) is 0 Å². The van der Waals surface area contributed by atoms with E-state index in [0.29, 0.717) is 6.54 Å². The molecule has 0 aromatic carbocycles. The van der Waals surface area contributed by atoms with E-state index in [2.05, 4.69) is 10.3 Å². The SMILES string of the molecule is NC(=O)c1c(C(F)(F)F)nc2n1CCNC2. The number of fused-ring (bicyclic) bond motifs is 1. The van der Waals surface area contributed by atoms with Crippen LogP contribution in [-0.4, -0.2) is 22.0 Å². The van der Waals surface area contributed by atoms with Crippen molar-refractivity contribution < 1.29 is 18.0 Å². The average Bonchev–Trinajstić information content (AvgIpc) is 2.55. The van der Waals surface area contributed by atoms with Crippen LogP contribution in [-0.2, 0) is 19.3 Å². The van der Waals surface area contributed by atoms with Crippen molar-refractivity contribution in [3.05, 3.63) is 17.2 Å². The first-order valence-corrected chi connectivity index (χ1v) is 4.58. The monoisotopic (exact) mass is 234 g/mol. The average molecular weight is 234 g/mol. The number of hydrogen-bond acceptors (Lipinski definition) is 3. The Balaban J connectivity index is 2.61. The van der Waals surface area contributed by atoms with Gasteiger partial charge in [0.15, 0.2) is 5.69 Å². The van der Waals surface area contributed by atoms with Crippen LogP contribution in [0.15, 0.2) is 0 Å². The Morgan fingerprint density at radius 3 is 2.75 bits per heavy atom. The smallest absolute Gasteiger partial charge is 0.364 e. The molecule has 0 unspecified atom stereocenters. The predicted molar refractivity (Wildman–Crippen MR) is 47.5 cm³/mol. The molecule has 1 aliphatic rings. The summed E-state index contributed by atoms with van der Waals surface area (Å²) in [7, 11) is 0. The minimum Gasteiger partial charge on any atom is -0.364 e. The molecular formula is C8H9F3N4O. The van der Waals surface area contributed by atoms with Gasteiger partial charge in [-0.05, 0) is 0 Å². The van der Waals surface area contributed by atoms with E-state index in [-0.39, 0.29) is 18.9 Å². The van der Waals surface area contributed by atoms with Crippen LogP contribution in [0.5, 0.6) is 0 Å². The second-order valence-corrected chi connectivity index (χ2v) is 3.42. The Hall–Kier alpha value is -1.57. The Morgan fingerprint density at radius 2 is 2.19 bits per heavy atom. The van der Waals surface area contributed by atoms with Crippen LogP contribution >= 0.6 is 0 Å². The molecule has 8 heteroatoms. The summed E-state index contributed by atoms with van der Waals surface area (Å²) >= 11 is 0. The fourth-order valence-corrected chi connectivity index (χ4v) is 1.71. The van der Waals surface area contributed by atoms with Crippen molar-refractivity contribution in [2.75, 3.05) is 6.54 Å². The number of aromatic nitrogens is 2. The zero-order chi connectivity index (χ0) is 11.9. The molecule has 0 atom stereocenters. The van der Waals surface area contributed by atoms with Gasteiger partial charge in [-0.15, -0.1) is 0 Å². The summed E-state index contributed by atoms with van der Waals surface area (Å²) in [5.74, 6) is -0.916. The highest BCUT2D eigenvalue weighted by atomic mass is 19.4. The molecule has 1 aliphatic heterocycles. The van der Waals surface area contributed by atoms with Crippen molar-refractivity contribution in [1.82, 2.24) is 14.9 Å². The lowest BCUT2D eigenvalue weighted by molar-refractivity contribution is -0.141. The minimum atomic E-state index is -4.66. The van der Waals surface area contributed by atoms with Crippen molar-refractivity contribution in [3.8, 4) is 0 Å². The maximum atomic E-state index is 12.6. The van der Waals surface area contributed by atoms with Crippen LogP contribution in [0.3, 0.4) is 0 Å². The first-order valence-electron chi connectivity index (χ1n) is 4.58. The summed E-state index contributed by atoms with van der Waals surface area (Å²) in [5.41, 5.74) is 3.21. The fourth-order valence-electron chi connectivity index (χ4n) is 1.71. The van der Waals surface area contributed by atoms with E-state index in [9.17, 15) is 18.0 Å². The van der Waals surface area contributed by atoms with Crippen LogP contribution in [0.4, 0.5) is 13.2 Å². The van der Waals surface area contributed by atoms with Gasteiger partial charge in [0.25, 0.3) is 5.91 Å². The van der Waals surface area contributed by atoms with Gasteiger partial charge >= 0.3 is 6.18 Å². The molecule has 1 aromatic heterocycles. The van der Waals surface area contributed by atoms with Gasteiger partial charge in [0.1, 0.15) is 11.5 Å². The standard InChI is InChI=1S/C8H9F3N4O/c9-8(10,11)6-5(7(12)16)15-2-1-13-3-4(15)14-6/h13H,1-3H2,(H2,12,16). The molecule has 0 radical (unpaired) electrons. The summed E-state index contributed by atoms with van der Waals surface area (Å²) in [6, 6.07) is 0. The largest absolute Gasteiger partial charge is 0.435 e. The number of carbonyl (C=O) groups excluding carboxylic acids is 1. The van der Waals surface area contributed by atoms with E-state index >= 15 is 0 Å². The van der Waals surface area contributed by atoms with Gasteiger partial charge in [0.05, 0.1) is 6.54 Å². The molecule has 0 saturated heterocycles.